The number of aromatic nitrogens is 2. The van der Waals surface area contributed by atoms with Gasteiger partial charge in [0.1, 0.15) is 26.9 Å². The van der Waals surface area contributed by atoms with E-state index >= 15 is 0 Å². The standard InChI is InChI=1S/C26H22N4O9S3/c1-4-12(9-15-27(2)13-7-5-6-8-14(13)38-15)19-22(36)30(11-17(33)34)25(41-19)20-23(37)29(10-16(31)32)24(42-20)18-21(35)28(3)26(40)39-18/h5-9H,4,10-11H2,1-3H3,(H,31,32)(H,33,34)/b15-9-,19-12+,24-18+,25-20+. The van der Waals surface area contributed by atoms with Crippen LogP contribution in [0.2, 0.25) is 0 Å². The van der Waals surface area contributed by atoms with Crippen molar-refractivity contribution in [1.82, 2.24) is 14.0 Å². The number of nitrogens with zero attached hydrogens (tertiary/aromatic N) is 4. The molecular formula is C26H22N4O9S3. The summed E-state index contributed by atoms with van der Waals surface area (Å²) in [5, 5.41) is 18.9. The Hall–Kier alpha value is -4.54. The van der Waals surface area contributed by atoms with Crippen molar-refractivity contribution in [3.8, 4) is 5.75 Å². The molecule has 0 atom stereocenters. The van der Waals surface area contributed by atoms with Gasteiger partial charge >= 0.3 is 11.9 Å². The zero-order valence-corrected chi connectivity index (χ0v) is 24.7. The molecular weight excluding hydrogens is 609 g/mol. The molecule has 0 spiro atoms. The number of anilines is 1. The number of likely N-dealkylation sites (N-methyl/N-ethyl adjacent to an activating group) is 1. The Kier molecular flexibility index (Phi) is 7.61. The number of carboxylic acids is 2. The molecule has 42 heavy (non-hydrogen) atoms. The lowest BCUT2D eigenvalue weighted by molar-refractivity contribution is -0.138. The second kappa shape index (κ2) is 11.0. The first kappa shape index (κ1) is 29.0. The fourth-order valence-corrected chi connectivity index (χ4v) is 6.99. The Balaban J connectivity index is 1.87. The van der Waals surface area contributed by atoms with Crippen LogP contribution in [0, 0.1) is 9.20 Å². The summed E-state index contributed by atoms with van der Waals surface area (Å²) >= 11 is 6.62. The molecule has 5 rings (SSSR count). The van der Waals surface area contributed by atoms with Crippen LogP contribution in [-0.4, -0.2) is 61.4 Å². The van der Waals surface area contributed by atoms with Crippen LogP contribution < -0.4 is 30.0 Å². The summed E-state index contributed by atoms with van der Waals surface area (Å²) in [5.74, 6) is -2.64. The number of amides is 1. The van der Waals surface area contributed by atoms with Crippen LogP contribution in [0.3, 0.4) is 0 Å². The molecule has 0 unspecified atom stereocenters. The number of carbonyl (C=O) groups excluding carboxylic acids is 1. The van der Waals surface area contributed by atoms with Crippen molar-refractivity contribution < 1.29 is 34.1 Å². The number of allylic oxidation sites excluding steroid dienone is 1. The molecule has 13 nitrogen and oxygen atoms in total. The summed E-state index contributed by atoms with van der Waals surface area (Å²) in [4.78, 5) is 66.2. The molecule has 2 aromatic heterocycles. The molecule has 1 saturated heterocycles. The quantitative estimate of drug-likeness (QED) is 0.363. The SMILES string of the molecule is CCC(/C=C1\Oc2ccccc2N1C)=c1\s/c(=c2/s/c(=C3/OC(=S)N(C)C3=O)n(CC(=O)O)c2=O)n(CC(=O)O)c1=O. The maximum Gasteiger partial charge on any atom is 0.323 e. The Bertz CT molecular complexity index is 2070. The van der Waals surface area contributed by atoms with Gasteiger partial charge in [-0.2, -0.15) is 0 Å². The third-order valence-electron chi connectivity index (χ3n) is 6.45. The van der Waals surface area contributed by atoms with Crippen LogP contribution in [0.4, 0.5) is 5.69 Å². The average molecular weight is 631 g/mol. The van der Waals surface area contributed by atoms with Gasteiger partial charge < -0.3 is 24.6 Å². The molecule has 16 heteroatoms. The summed E-state index contributed by atoms with van der Waals surface area (Å²) in [6, 6.07) is 7.38. The van der Waals surface area contributed by atoms with E-state index in [9.17, 15) is 34.2 Å². The highest BCUT2D eigenvalue weighted by Gasteiger charge is 2.33. The van der Waals surface area contributed by atoms with E-state index in [1.807, 2.05) is 30.0 Å². The molecule has 2 aliphatic heterocycles. The van der Waals surface area contributed by atoms with Gasteiger partial charge in [0.2, 0.25) is 11.6 Å². The smallest absolute Gasteiger partial charge is 0.323 e. The topological polar surface area (TPSA) is 161 Å². The number of benzene rings is 1. The zero-order valence-electron chi connectivity index (χ0n) is 22.3. The first-order valence-electron chi connectivity index (χ1n) is 12.3. The van der Waals surface area contributed by atoms with Gasteiger partial charge in [-0.3, -0.25) is 38.0 Å². The number of carbonyl (C=O) groups is 3. The highest BCUT2D eigenvalue weighted by Crippen LogP contribution is 2.37. The van der Waals surface area contributed by atoms with Crippen molar-refractivity contribution in [3.05, 3.63) is 75.3 Å². The Morgan fingerprint density at radius 2 is 1.57 bits per heavy atom. The normalized spacial score (nSPS) is 18.3. The summed E-state index contributed by atoms with van der Waals surface area (Å²) < 4.78 is 13.0. The number of hydrogen-bond donors (Lipinski definition) is 2. The van der Waals surface area contributed by atoms with E-state index in [0.29, 0.717) is 35.0 Å². The Morgan fingerprint density at radius 1 is 0.929 bits per heavy atom. The highest BCUT2D eigenvalue weighted by atomic mass is 32.1. The summed E-state index contributed by atoms with van der Waals surface area (Å²) in [7, 11) is 3.17. The second-order valence-electron chi connectivity index (χ2n) is 9.09. The molecule has 0 saturated carbocycles. The maximum atomic E-state index is 13.6. The third kappa shape index (κ3) is 4.93. The number of carboxylic acid groups (broad SMARTS) is 2. The van der Waals surface area contributed by atoms with E-state index in [2.05, 4.69) is 0 Å². The van der Waals surface area contributed by atoms with Gasteiger partial charge in [-0.25, -0.2) is 0 Å². The van der Waals surface area contributed by atoms with Crippen LogP contribution in [0.5, 0.6) is 5.75 Å². The molecule has 2 aliphatic rings. The largest absolute Gasteiger partial charge is 0.480 e. The molecule has 3 aromatic rings. The fourth-order valence-electron chi connectivity index (χ4n) is 4.35. The van der Waals surface area contributed by atoms with Crippen LogP contribution >= 0.6 is 34.9 Å². The Morgan fingerprint density at radius 3 is 2.14 bits per heavy atom. The molecule has 0 aliphatic carbocycles. The summed E-state index contributed by atoms with van der Waals surface area (Å²) in [5.41, 5.74) is -0.126. The molecule has 1 amide bonds. The summed E-state index contributed by atoms with van der Waals surface area (Å²) in [6.45, 7) is 0.243. The van der Waals surface area contributed by atoms with Crippen molar-refractivity contribution in [2.45, 2.75) is 26.4 Å². The van der Waals surface area contributed by atoms with Crippen molar-refractivity contribution in [3.63, 3.8) is 0 Å². The van der Waals surface area contributed by atoms with E-state index in [-0.39, 0.29) is 29.3 Å². The number of thiazole rings is 2. The number of ether oxygens (including phenoxy) is 2. The van der Waals surface area contributed by atoms with Crippen molar-refractivity contribution in [1.29, 1.82) is 0 Å². The van der Waals surface area contributed by atoms with Gasteiger partial charge in [0.25, 0.3) is 22.2 Å². The molecule has 2 N–H and O–H groups in total. The number of aliphatic carboxylic acids is 2. The first-order valence-corrected chi connectivity index (χ1v) is 14.3. The van der Waals surface area contributed by atoms with Crippen molar-refractivity contribution in [2.75, 3.05) is 19.0 Å². The minimum atomic E-state index is -1.37. The monoisotopic (exact) mass is 630 g/mol. The van der Waals surface area contributed by atoms with Gasteiger partial charge in [0, 0.05) is 20.2 Å². The van der Waals surface area contributed by atoms with Gasteiger partial charge in [-0.1, -0.05) is 19.1 Å². The van der Waals surface area contributed by atoms with Gasteiger partial charge in [0.05, 0.1) is 10.2 Å². The predicted octanol–water partition coefficient (Wildman–Crippen LogP) is 0.402. The van der Waals surface area contributed by atoms with Crippen molar-refractivity contribution in [2.24, 2.45) is 0 Å². The molecule has 1 aromatic carbocycles. The minimum Gasteiger partial charge on any atom is -0.480 e. The molecule has 0 radical (unpaired) electrons. The number of thiocarbonyl (C=S) groups is 1. The number of fused-ring (bicyclic) bond motifs is 1. The van der Waals surface area contributed by atoms with E-state index in [4.69, 9.17) is 21.7 Å². The van der Waals surface area contributed by atoms with Gasteiger partial charge in [-0.05, 0) is 36.3 Å². The second-order valence-corrected chi connectivity index (χ2v) is 11.4. The lowest BCUT2D eigenvalue weighted by atomic mass is 10.2. The van der Waals surface area contributed by atoms with Gasteiger partial charge in [0.15, 0.2) is 5.75 Å². The predicted molar refractivity (Wildman–Crippen MR) is 156 cm³/mol. The van der Waals surface area contributed by atoms with E-state index in [1.165, 1.54) is 7.05 Å². The van der Waals surface area contributed by atoms with E-state index in [1.54, 1.807) is 19.2 Å². The molecule has 4 heterocycles. The number of hydrogen-bond acceptors (Lipinski definition) is 11. The lowest BCUT2D eigenvalue weighted by Gasteiger charge is -2.11. The number of para-hydroxylation sites is 2. The van der Waals surface area contributed by atoms with Crippen LogP contribution in [0.15, 0.2) is 45.8 Å². The highest BCUT2D eigenvalue weighted by molar-refractivity contribution is 7.80. The molecule has 0 bridgehead atoms. The van der Waals surface area contributed by atoms with Crippen LogP contribution in [0.25, 0.3) is 11.3 Å². The first-order chi connectivity index (χ1) is 19.9. The summed E-state index contributed by atoms with van der Waals surface area (Å²) in [6.07, 6.45) is 2.05. The van der Waals surface area contributed by atoms with Gasteiger partial charge in [-0.15, -0.1) is 22.7 Å². The zero-order chi connectivity index (χ0) is 30.5. The van der Waals surface area contributed by atoms with E-state index < -0.39 is 42.1 Å². The minimum absolute atomic E-state index is 0.00639. The average Bonchev–Trinajstić information content (AvgIpc) is 3.62. The number of rotatable bonds is 6. The van der Waals surface area contributed by atoms with Crippen LogP contribution in [-0.2, 0) is 32.2 Å². The van der Waals surface area contributed by atoms with Crippen LogP contribution in [0.1, 0.15) is 13.3 Å². The van der Waals surface area contributed by atoms with Crippen molar-refractivity contribution >= 4 is 74.9 Å². The third-order valence-corrected chi connectivity index (χ3v) is 9.36. The maximum absolute atomic E-state index is 13.6. The fraction of sp³-hybridized carbons (Fsp3) is 0.231. The molecule has 1 fully saturated rings. The molecule has 218 valence electrons. The Labute approximate surface area is 249 Å². The lowest BCUT2D eigenvalue weighted by Crippen LogP contribution is -2.33. The van der Waals surface area contributed by atoms with E-state index in [0.717, 1.165) is 31.1 Å².